The van der Waals surface area contributed by atoms with E-state index < -0.39 is 27.8 Å². The van der Waals surface area contributed by atoms with Crippen molar-refractivity contribution in [3.8, 4) is 11.5 Å². The van der Waals surface area contributed by atoms with Gasteiger partial charge in [-0.2, -0.15) is 0 Å². The molecular weight excluding hydrogens is 398 g/mol. The molecule has 0 spiro atoms. The van der Waals surface area contributed by atoms with Crippen molar-refractivity contribution >= 4 is 27.8 Å². The number of fused-ring (bicyclic) bond motifs is 1. The summed E-state index contributed by atoms with van der Waals surface area (Å²) < 4.78 is 39.6. The van der Waals surface area contributed by atoms with Crippen LogP contribution < -0.4 is 9.47 Å². The average molecular weight is 423 g/mol. The van der Waals surface area contributed by atoms with E-state index in [4.69, 9.17) is 14.2 Å². The summed E-state index contributed by atoms with van der Waals surface area (Å²) in [5.41, 5.74) is 0.733. The van der Waals surface area contributed by atoms with Gasteiger partial charge in [0.25, 0.3) is 5.91 Å². The Bertz CT molecular complexity index is 909. The van der Waals surface area contributed by atoms with Crippen molar-refractivity contribution < 1.29 is 32.2 Å². The van der Waals surface area contributed by atoms with Gasteiger partial charge < -0.3 is 19.1 Å². The molecule has 0 aliphatic carbocycles. The Hall–Kier alpha value is -2.55. The van der Waals surface area contributed by atoms with E-state index in [0.717, 1.165) is 5.56 Å². The van der Waals surface area contributed by atoms with Gasteiger partial charge in [0, 0.05) is 18.7 Å². The van der Waals surface area contributed by atoms with Crippen molar-refractivity contribution in [2.75, 3.05) is 31.3 Å². The van der Waals surface area contributed by atoms with Gasteiger partial charge in [-0.15, -0.1) is 0 Å². The Morgan fingerprint density at radius 3 is 2.66 bits per heavy atom. The lowest BCUT2D eigenvalue weighted by Crippen LogP contribution is -2.46. The average Bonchev–Trinajstić information content (AvgIpc) is 3.06. The number of ether oxygens (including phenoxy) is 3. The molecule has 0 bridgehead atoms. The Morgan fingerprint density at radius 1 is 1.28 bits per heavy atom. The quantitative estimate of drug-likeness (QED) is 0.504. The molecule has 29 heavy (non-hydrogen) atoms. The van der Waals surface area contributed by atoms with E-state index >= 15 is 0 Å². The zero-order valence-corrected chi connectivity index (χ0v) is 17.3. The molecule has 1 aromatic rings. The van der Waals surface area contributed by atoms with Gasteiger partial charge in [-0.3, -0.25) is 4.79 Å². The molecule has 1 fully saturated rings. The maximum Gasteiger partial charge on any atom is 0.331 e. The van der Waals surface area contributed by atoms with Gasteiger partial charge in [0.1, 0.15) is 13.2 Å². The Balaban J connectivity index is 1.58. The number of hydrogen-bond acceptors (Lipinski definition) is 7. The highest BCUT2D eigenvalue weighted by atomic mass is 32.2. The van der Waals surface area contributed by atoms with Crippen molar-refractivity contribution in [2.24, 2.45) is 0 Å². The third kappa shape index (κ3) is 5.29. The molecule has 2 atom stereocenters. The van der Waals surface area contributed by atoms with Crippen molar-refractivity contribution in [3.63, 3.8) is 0 Å². The number of esters is 1. The smallest absolute Gasteiger partial charge is 0.331 e. The highest BCUT2D eigenvalue weighted by Gasteiger charge is 2.36. The zero-order chi connectivity index (χ0) is 21.0. The van der Waals surface area contributed by atoms with Crippen molar-refractivity contribution in [1.82, 2.24) is 4.90 Å². The van der Waals surface area contributed by atoms with Crippen molar-refractivity contribution in [2.45, 2.75) is 32.4 Å². The van der Waals surface area contributed by atoms with E-state index in [0.29, 0.717) is 37.7 Å². The van der Waals surface area contributed by atoms with E-state index in [1.165, 1.54) is 17.9 Å². The first-order valence-electron chi connectivity index (χ1n) is 9.58. The molecular formula is C20H25NO7S. The van der Waals surface area contributed by atoms with E-state index in [2.05, 4.69) is 0 Å². The lowest BCUT2D eigenvalue weighted by Gasteiger charge is -2.29. The van der Waals surface area contributed by atoms with E-state index in [9.17, 15) is 18.0 Å². The number of sulfone groups is 1. The molecule has 2 aliphatic rings. The summed E-state index contributed by atoms with van der Waals surface area (Å²) in [5, 5.41) is 0. The van der Waals surface area contributed by atoms with Gasteiger partial charge in [-0.1, -0.05) is 6.07 Å². The number of hydrogen-bond donors (Lipinski definition) is 0. The van der Waals surface area contributed by atoms with Gasteiger partial charge in [0.2, 0.25) is 0 Å². The summed E-state index contributed by atoms with van der Waals surface area (Å²) in [7, 11) is -3.11. The van der Waals surface area contributed by atoms with Gasteiger partial charge in [-0.25, -0.2) is 13.2 Å². The number of carbonyl (C=O) groups is 2. The molecule has 3 rings (SSSR count). The van der Waals surface area contributed by atoms with Gasteiger partial charge in [0.05, 0.1) is 11.5 Å². The van der Waals surface area contributed by atoms with Crippen molar-refractivity contribution in [1.29, 1.82) is 0 Å². The Kier molecular flexibility index (Phi) is 6.46. The molecule has 2 aliphatic heterocycles. The van der Waals surface area contributed by atoms with Crippen LogP contribution in [0.3, 0.4) is 0 Å². The minimum absolute atomic E-state index is 0.0444. The first-order valence-corrected chi connectivity index (χ1v) is 11.4. The van der Waals surface area contributed by atoms with Gasteiger partial charge in [-0.05, 0) is 44.0 Å². The zero-order valence-electron chi connectivity index (χ0n) is 16.5. The van der Waals surface area contributed by atoms with E-state index in [1.54, 1.807) is 31.2 Å². The molecule has 0 saturated carbocycles. The van der Waals surface area contributed by atoms with Crippen LogP contribution >= 0.6 is 0 Å². The first kappa shape index (κ1) is 21.2. The molecule has 1 amide bonds. The number of carbonyl (C=O) groups excluding carboxylic acids is 2. The molecule has 0 unspecified atom stereocenters. The van der Waals surface area contributed by atoms with Crippen LogP contribution in [-0.2, 0) is 24.2 Å². The molecule has 1 aromatic carbocycles. The minimum atomic E-state index is -3.11. The molecule has 2 heterocycles. The second-order valence-corrected chi connectivity index (χ2v) is 9.23. The Morgan fingerprint density at radius 2 is 2.00 bits per heavy atom. The van der Waals surface area contributed by atoms with E-state index in [1.807, 2.05) is 0 Å². The third-order valence-electron chi connectivity index (χ3n) is 4.89. The summed E-state index contributed by atoms with van der Waals surface area (Å²) in [5.74, 6) is 0.251. The lowest BCUT2D eigenvalue weighted by atomic mass is 10.2. The van der Waals surface area contributed by atoms with Crippen LogP contribution in [0.5, 0.6) is 11.5 Å². The molecule has 0 aromatic heterocycles. The Labute approximate surface area is 170 Å². The standard InChI is InChI=1S/C20H25NO7S/c1-3-21(16-8-11-29(24,25)13-16)20(23)14(2)28-19(22)7-5-15-4-6-17-18(12-15)27-10-9-26-17/h4-7,12,14,16H,3,8-11,13H2,1-2H3/b7-5+/t14-,16-/m1/s1. The van der Waals surface area contributed by atoms with Crippen LogP contribution in [0.25, 0.3) is 6.08 Å². The number of nitrogens with zero attached hydrogens (tertiary/aromatic N) is 1. The fourth-order valence-electron chi connectivity index (χ4n) is 3.44. The summed E-state index contributed by atoms with van der Waals surface area (Å²) >= 11 is 0. The summed E-state index contributed by atoms with van der Waals surface area (Å²) in [6.07, 6.45) is 2.22. The SMILES string of the molecule is CCN(C(=O)[C@@H](C)OC(=O)/C=C/c1ccc2c(c1)OCCO2)[C@@H]1CCS(=O)(=O)C1. The highest BCUT2D eigenvalue weighted by molar-refractivity contribution is 7.91. The van der Waals surface area contributed by atoms with Gasteiger partial charge in [0.15, 0.2) is 27.4 Å². The molecule has 158 valence electrons. The third-order valence-corrected chi connectivity index (χ3v) is 6.64. The number of likely N-dealkylation sites (N-methyl/N-ethyl adjacent to an activating group) is 1. The fourth-order valence-corrected chi connectivity index (χ4v) is 5.17. The summed E-state index contributed by atoms with van der Waals surface area (Å²) in [6.45, 7) is 4.59. The largest absolute Gasteiger partial charge is 0.486 e. The fraction of sp³-hybridized carbons (Fsp3) is 0.500. The highest BCUT2D eigenvalue weighted by Crippen LogP contribution is 2.31. The van der Waals surface area contributed by atoms with Crippen LogP contribution in [0.2, 0.25) is 0 Å². The number of rotatable bonds is 6. The van der Waals surface area contributed by atoms with Crippen LogP contribution in [0.1, 0.15) is 25.8 Å². The second kappa shape index (κ2) is 8.86. The molecule has 1 saturated heterocycles. The van der Waals surface area contributed by atoms with Crippen LogP contribution in [-0.4, -0.2) is 68.6 Å². The molecule has 0 radical (unpaired) electrons. The monoisotopic (exact) mass is 423 g/mol. The van der Waals surface area contributed by atoms with E-state index in [-0.39, 0.29) is 17.5 Å². The lowest BCUT2D eigenvalue weighted by molar-refractivity contribution is -0.156. The predicted octanol–water partition coefficient (Wildman–Crippen LogP) is 1.44. The maximum absolute atomic E-state index is 12.6. The van der Waals surface area contributed by atoms with Crippen LogP contribution in [0.15, 0.2) is 24.3 Å². The number of benzene rings is 1. The van der Waals surface area contributed by atoms with Crippen LogP contribution in [0, 0.1) is 0 Å². The molecule has 0 N–H and O–H groups in total. The normalized spacial score (nSPS) is 21.0. The molecule has 9 heteroatoms. The number of amides is 1. The summed E-state index contributed by atoms with van der Waals surface area (Å²) in [6, 6.07) is 4.93. The minimum Gasteiger partial charge on any atom is -0.486 e. The first-order chi connectivity index (χ1) is 13.8. The van der Waals surface area contributed by atoms with Gasteiger partial charge >= 0.3 is 5.97 Å². The molecule has 8 nitrogen and oxygen atoms in total. The van der Waals surface area contributed by atoms with Crippen molar-refractivity contribution in [3.05, 3.63) is 29.8 Å². The maximum atomic E-state index is 12.6. The van der Waals surface area contributed by atoms with Crippen LogP contribution in [0.4, 0.5) is 0 Å². The summed E-state index contributed by atoms with van der Waals surface area (Å²) in [4.78, 5) is 26.2. The predicted molar refractivity (Wildman–Crippen MR) is 106 cm³/mol. The topological polar surface area (TPSA) is 99.2 Å². The second-order valence-electron chi connectivity index (χ2n) is 7.00.